The highest BCUT2D eigenvalue weighted by Gasteiger charge is 2.42. The van der Waals surface area contributed by atoms with E-state index in [1.807, 2.05) is 0 Å². The van der Waals surface area contributed by atoms with Gasteiger partial charge in [-0.25, -0.2) is 9.97 Å². The van der Waals surface area contributed by atoms with Crippen LogP contribution in [-0.4, -0.2) is 54.7 Å². The number of nitrogens with zero attached hydrogens (tertiary/aromatic N) is 4. The predicted molar refractivity (Wildman–Crippen MR) is 104 cm³/mol. The van der Waals surface area contributed by atoms with Crippen LogP contribution < -0.4 is 4.90 Å². The van der Waals surface area contributed by atoms with Crippen molar-refractivity contribution in [1.29, 1.82) is 0 Å². The summed E-state index contributed by atoms with van der Waals surface area (Å²) in [6.07, 6.45) is 13.0. The summed E-state index contributed by atoms with van der Waals surface area (Å²) >= 11 is 0. The molecule has 144 valence electrons. The van der Waals surface area contributed by atoms with Crippen molar-refractivity contribution in [2.45, 2.75) is 58.0 Å². The summed E-state index contributed by atoms with van der Waals surface area (Å²) in [5, 5.41) is 0. The van der Waals surface area contributed by atoms with E-state index in [0.717, 1.165) is 30.5 Å². The Morgan fingerprint density at radius 2 is 1.96 bits per heavy atom. The Morgan fingerprint density at radius 3 is 2.81 bits per heavy atom. The van der Waals surface area contributed by atoms with E-state index >= 15 is 0 Å². The lowest BCUT2D eigenvalue weighted by Gasteiger charge is -2.42. The van der Waals surface area contributed by atoms with E-state index < -0.39 is 0 Å². The molecule has 0 bridgehead atoms. The molecule has 0 N–H and O–H groups in total. The van der Waals surface area contributed by atoms with Crippen molar-refractivity contribution in [2.24, 2.45) is 11.3 Å². The van der Waals surface area contributed by atoms with Gasteiger partial charge in [0.2, 0.25) is 0 Å². The molecular formula is C21H34N4O. The lowest BCUT2D eigenvalue weighted by molar-refractivity contribution is 0.0838. The number of rotatable bonds is 5. The summed E-state index contributed by atoms with van der Waals surface area (Å²) in [7, 11) is 1.72. The molecule has 3 fully saturated rings. The first-order chi connectivity index (χ1) is 12.8. The van der Waals surface area contributed by atoms with Crippen molar-refractivity contribution >= 4 is 5.82 Å². The van der Waals surface area contributed by atoms with Gasteiger partial charge in [-0.05, 0) is 44.6 Å². The summed E-state index contributed by atoms with van der Waals surface area (Å²) in [5.41, 5.74) is 1.44. The van der Waals surface area contributed by atoms with E-state index in [4.69, 9.17) is 4.74 Å². The van der Waals surface area contributed by atoms with Gasteiger partial charge in [-0.1, -0.05) is 19.3 Å². The largest absolute Gasteiger partial charge is 0.378 e. The van der Waals surface area contributed by atoms with E-state index in [1.54, 1.807) is 13.4 Å². The Morgan fingerprint density at radius 1 is 1.08 bits per heavy atom. The summed E-state index contributed by atoms with van der Waals surface area (Å²) in [6, 6.07) is 2.10. The maximum atomic E-state index is 5.23. The van der Waals surface area contributed by atoms with Gasteiger partial charge < -0.3 is 14.5 Å². The first-order valence-electron chi connectivity index (χ1n) is 10.5. The van der Waals surface area contributed by atoms with Gasteiger partial charge in [0.05, 0.1) is 12.3 Å². The molecule has 3 heterocycles. The predicted octanol–water partition coefficient (Wildman–Crippen LogP) is 3.50. The Hall–Kier alpha value is -1.20. The Labute approximate surface area is 158 Å². The van der Waals surface area contributed by atoms with Gasteiger partial charge in [0.1, 0.15) is 12.1 Å². The lowest BCUT2D eigenvalue weighted by atomic mass is 9.78. The molecule has 0 amide bonds. The highest BCUT2D eigenvalue weighted by Crippen LogP contribution is 2.41. The molecule has 4 rings (SSSR count). The smallest absolute Gasteiger partial charge is 0.132 e. The fourth-order valence-electron chi connectivity index (χ4n) is 5.45. The summed E-state index contributed by atoms with van der Waals surface area (Å²) < 4.78 is 5.23. The Balaban J connectivity index is 1.37. The average Bonchev–Trinajstić information content (AvgIpc) is 3.06. The minimum atomic E-state index is 0.472. The van der Waals surface area contributed by atoms with E-state index in [0.29, 0.717) is 12.0 Å². The zero-order valence-electron chi connectivity index (χ0n) is 16.3. The van der Waals surface area contributed by atoms with Crippen LogP contribution in [0.4, 0.5) is 5.82 Å². The minimum absolute atomic E-state index is 0.472. The van der Waals surface area contributed by atoms with Crippen molar-refractivity contribution in [2.75, 3.05) is 44.7 Å². The van der Waals surface area contributed by atoms with Crippen LogP contribution >= 0.6 is 0 Å². The zero-order valence-corrected chi connectivity index (χ0v) is 16.3. The summed E-state index contributed by atoms with van der Waals surface area (Å²) in [6.45, 7) is 6.77. The molecule has 1 aromatic rings. The molecule has 2 saturated heterocycles. The molecule has 1 atom stereocenters. The molecule has 0 aromatic carbocycles. The standard InChI is InChI=1S/C21H34N4O/c1-26-14-19-12-20(23-17-22-19)25-11-9-21(16-25)8-5-10-24(15-21)13-18-6-3-2-4-7-18/h12,17-18H,2-11,13-16H2,1H3. The molecule has 1 saturated carbocycles. The van der Waals surface area contributed by atoms with Crippen molar-refractivity contribution in [1.82, 2.24) is 14.9 Å². The van der Waals surface area contributed by atoms with Crippen LogP contribution in [0.1, 0.15) is 57.1 Å². The summed E-state index contributed by atoms with van der Waals surface area (Å²) in [5.74, 6) is 2.03. The van der Waals surface area contributed by atoms with Crippen LogP contribution in [0.5, 0.6) is 0 Å². The van der Waals surface area contributed by atoms with E-state index in [9.17, 15) is 0 Å². The third-order valence-electron chi connectivity index (χ3n) is 6.75. The van der Waals surface area contributed by atoms with E-state index in [2.05, 4.69) is 25.8 Å². The first-order valence-corrected chi connectivity index (χ1v) is 10.5. The van der Waals surface area contributed by atoms with Gasteiger partial charge in [0.15, 0.2) is 0 Å². The third-order valence-corrected chi connectivity index (χ3v) is 6.75. The monoisotopic (exact) mass is 358 g/mol. The fraction of sp³-hybridized carbons (Fsp3) is 0.810. The number of likely N-dealkylation sites (tertiary alicyclic amines) is 1. The quantitative estimate of drug-likeness (QED) is 0.806. The van der Waals surface area contributed by atoms with Crippen molar-refractivity contribution in [3.05, 3.63) is 18.1 Å². The number of aromatic nitrogens is 2. The normalized spacial score (nSPS) is 28.1. The number of anilines is 1. The van der Waals surface area contributed by atoms with Crippen molar-refractivity contribution in [3.63, 3.8) is 0 Å². The number of methoxy groups -OCH3 is 1. The van der Waals surface area contributed by atoms with Crippen LogP contribution in [0.2, 0.25) is 0 Å². The van der Waals surface area contributed by atoms with Crippen LogP contribution in [-0.2, 0) is 11.3 Å². The second kappa shape index (κ2) is 8.22. The molecule has 2 aliphatic heterocycles. The average molecular weight is 359 g/mol. The maximum Gasteiger partial charge on any atom is 0.132 e. The SMILES string of the molecule is COCc1cc(N2CCC3(CCCN(CC4CCCCC4)C3)C2)ncn1. The van der Waals surface area contributed by atoms with Gasteiger partial charge >= 0.3 is 0 Å². The number of ether oxygens (including phenoxy) is 1. The summed E-state index contributed by atoms with van der Waals surface area (Å²) in [4.78, 5) is 14.1. The molecular weight excluding hydrogens is 324 g/mol. The number of piperidine rings is 1. The zero-order chi connectivity index (χ0) is 17.8. The van der Waals surface area contributed by atoms with Gasteiger partial charge in [-0.15, -0.1) is 0 Å². The van der Waals surface area contributed by atoms with Gasteiger partial charge in [0.25, 0.3) is 0 Å². The van der Waals surface area contributed by atoms with Crippen molar-refractivity contribution < 1.29 is 4.74 Å². The molecule has 0 radical (unpaired) electrons. The highest BCUT2D eigenvalue weighted by atomic mass is 16.5. The number of hydrogen-bond donors (Lipinski definition) is 0. The molecule has 1 spiro atoms. The van der Waals surface area contributed by atoms with Crippen LogP contribution in [0.15, 0.2) is 12.4 Å². The topological polar surface area (TPSA) is 41.5 Å². The molecule has 26 heavy (non-hydrogen) atoms. The van der Waals surface area contributed by atoms with Gasteiger partial charge in [0, 0.05) is 44.8 Å². The van der Waals surface area contributed by atoms with Crippen molar-refractivity contribution in [3.8, 4) is 0 Å². The molecule has 5 nitrogen and oxygen atoms in total. The van der Waals surface area contributed by atoms with E-state index in [1.165, 1.54) is 71.0 Å². The maximum absolute atomic E-state index is 5.23. The Kier molecular flexibility index (Phi) is 5.75. The van der Waals surface area contributed by atoms with Crippen LogP contribution in [0.25, 0.3) is 0 Å². The molecule has 1 aliphatic carbocycles. The second-order valence-corrected chi connectivity index (χ2v) is 8.81. The molecule has 1 unspecified atom stereocenters. The number of hydrogen-bond acceptors (Lipinski definition) is 5. The minimum Gasteiger partial charge on any atom is -0.378 e. The second-order valence-electron chi connectivity index (χ2n) is 8.81. The Bertz CT molecular complexity index is 589. The van der Waals surface area contributed by atoms with Crippen LogP contribution in [0.3, 0.4) is 0 Å². The van der Waals surface area contributed by atoms with Gasteiger partial charge in [-0.2, -0.15) is 0 Å². The van der Waals surface area contributed by atoms with Crippen LogP contribution in [0, 0.1) is 11.3 Å². The third kappa shape index (κ3) is 4.20. The fourth-order valence-corrected chi connectivity index (χ4v) is 5.45. The first kappa shape index (κ1) is 18.2. The van der Waals surface area contributed by atoms with E-state index in [-0.39, 0.29) is 0 Å². The molecule has 3 aliphatic rings. The highest BCUT2D eigenvalue weighted by molar-refractivity contribution is 5.41. The molecule has 1 aromatic heterocycles. The molecule has 5 heteroatoms. The van der Waals surface area contributed by atoms with Gasteiger partial charge in [-0.3, -0.25) is 0 Å². The lowest BCUT2D eigenvalue weighted by Crippen LogP contribution is -2.46.